The number of rotatable bonds is 10. The molecular weight excluding hydrogens is 340 g/mol. The molecular formula is C22H36N2O3. The number of unbranched alkanes of at least 4 members (excludes halogenated alkanes) is 1. The number of benzene rings is 1. The predicted molar refractivity (Wildman–Crippen MR) is 110 cm³/mol. The highest BCUT2D eigenvalue weighted by molar-refractivity contribution is 5.90. The maximum Gasteiger partial charge on any atom is 0.338 e. The van der Waals surface area contributed by atoms with Crippen molar-refractivity contribution in [3.05, 3.63) is 23.8 Å². The van der Waals surface area contributed by atoms with Gasteiger partial charge in [0, 0.05) is 6.04 Å². The number of likely N-dealkylation sites (tertiary alicyclic amines) is 1. The van der Waals surface area contributed by atoms with Crippen molar-refractivity contribution in [3.8, 4) is 5.75 Å². The molecule has 1 saturated heterocycles. The number of carbonyl (C=O) groups is 1. The third kappa shape index (κ3) is 7.06. The normalized spacial score (nSPS) is 16.3. The number of carbonyl (C=O) groups excluding carboxylic acids is 1. The Morgan fingerprint density at radius 1 is 1.22 bits per heavy atom. The quantitative estimate of drug-likeness (QED) is 0.370. The third-order valence-corrected chi connectivity index (χ3v) is 5.06. The van der Waals surface area contributed by atoms with Crippen molar-refractivity contribution in [1.29, 1.82) is 0 Å². The van der Waals surface area contributed by atoms with Gasteiger partial charge in [0.15, 0.2) is 0 Å². The summed E-state index contributed by atoms with van der Waals surface area (Å²) in [5.74, 6) is 0.833. The van der Waals surface area contributed by atoms with Gasteiger partial charge in [0.05, 0.1) is 17.9 Å². The molecule has 152 valence electrons. The van der Waals surface area contributed by atoms with Crippen LogP contribution in [0.25, 0.3) is 0 Å². The summed E-state index contributed by atoms with van der Waals surface area (Å²) in [6.45, 7) is 9.80. The number of nitrogens with zero attached hydrogens (tertiary/aromatic N) is 1. The molecule has 1 heterocycles. The highest BCUT2D eigenvalue weighted by Gasteiger charge is 2.23. The molecule has 1 fully saturated rings. The summed E-state index contributed by atoms with van der Waals surface area (Å²) < 4.78 is 11.4. The molecule has 0 aromatic heterocycles. The molecule has 1 aromatic carbocycles. The van der Waals surface area contributed by atoms with Crippen molar-refractivity contribution in [1.82, 2.24) is 4.90 Å². The Bertz CT molecular complexity index is 583. The summed E-state index contributed by atoms with van der Waals surface area (Å²) in [7, 11) is 0. The third-order valence-electron chi connectivity index (χ3n) is 5.06. The highest BCUT2D eigenvalue weighted by Crippen LogP contribution is 2.24. The molecule has 5 heteroatoms. The van der Waals surface area contributed by atoms with Crippen molar-refractivity contribution < 1.29 is 14.3 Å². The molecule has 0 aliphatic carbocycles. The maximum atomic E-state index is 12.6. The van der Waals surface area contributed by atoms with Crippen LogP contribution in [0.2, 0.25) is 0 Å². The summed E-state index contributed by atoms with van der Waals surface area (Å²) in [4.78, 5) is 15.1. The zero-order valence-corrected chi connectivity index (χ0v) is 17.2. The van der Waals surface area contributed by atoms with E-state index in [-0.39, 0.29) is 5.97 Å². The van der Waals surface area contributed by atoms with E-state index in [4.69, 9.17) is 15.2 Å². The number of hydrogen-bond donors (Lipinski definition) is 1. The fourth-order valence-electron chi connectivity index (χ4n) is 3.52. The predicted octanol–water partition coefficient (Wildman–Crippen LogP) is 4.51. The molecule has 1 aliphatic rings. The lowest BCUT2D eigenvalue weighted by Gasteiger charge is -2.35. The van der Waals surface area contributed by atoms with Crippen molar-refractivity contribution in [2.75, 3.05) is 32.0 Å². The maximum absolute atomic E-state index is 12.6. The first-order chi connectivity index (χ1) is 13.0. The van der Waals surface area contributed by atoms with Crippen LogP contribution in [-0.4, -0.2) is 43.2 Å². The van der Waals surface area contributed by atoms with E-state index in [1.807, 2.05) is 0 Å². The highest BCUT2D eigenvalue weighted by atomic mass is 16.5. The second-order valence-electron chi connectivity index (χ2n) is 7.93. The van der Waals surface area contributed by atoms with Gasteiger partial charge in [-0.3, -0.25) is 4.90 Å². The first-order valence-corrected chi connectivity index (χ1v) is 10.4. The minimum absolute atomic E-state index is 0.295. The van der Waals surface area contributed by atoms with Gasteiger partial charge in [0.2, 0.25) is 0 Å². The fraction of sp³-hybridized carbons (Fsp3) is 0.682. The van der Waals surface area contributed by atoms with Crippen molar-refractivity contribution in [3.63, 3.8) is 0 Å². The van der Waals surface area contributed by atoms with E-state index in [1.54, 1.807) is 18.2 Å². The molecule has 2 rings (SSSR count). The molecule has 0 bridgehead atoms. The average Bonchev–Trinajstić information content (AvgIpc) is 2.67. The van der Waals surface area contributed by atoms with E-state index in [0.29, 0.717) is 42.2 Å². The van der Waals surface area contributed by atoms with Gasteiger partial charge in [-0.1, -0.05) is 33.6 Å². The zero-order valence-electron chi connectivity index (χ0n) is 17.2. The Morgan fingerprint density at radius 2 is 1.96 bits per heavy atom. The number of nitrogen functional groups attached to an aromatic ring is 1. The van der Waals surface area contributed by atoms with Crippen LogP contribution in [-0.2, 0) is 4.74 Å². The standard InChI is InChI=1S/C22H36N2O3/c1-4-5-13-26-21-15-18(9-10-20(21)23)22(25)27-16-19(14-17(2)3)24-11-7-6-8-12-24/h9-10,15,17,19H,4-8,11-14,16,23H2,1-3H3/t19-/m0/s1. The Kier molecular flexibility index (Phi) is 8.92. The first-order valence-electron chi connectivity index (χ1n) is 10.4. The van der Waals surface area contributed by atoms with Gasteiger partial charge < -0.3 is 15.2 Å². The summed E-state index contributed by atoms with van der Waals surface area (Å²) in [6.07, 6.45) is 6.82. The molecule has 0 saturated carbocycles. The number of anilines is 1. The molecule has 0 unspecified atom stereocenters. The van der Waals surface area contributed by atoms with Crippen LogP contribution in [0.1, 0.15) is 69.7 Å². The molecule has 0 spiro atoms. The van der Waals surface area contributed by atoms with Gasteiger partial charge in [-0.15, -0.1) is 0 Å². The first kappa shape index (κ1) is 21.5. The van der Waals surface area contributed by atoms with Crippen LogP contribution < -0.4 is 10.5 Å². The van der Waals surface area contributed by atoms with Crippen LogP contribution in [0, 0.1) is 5.92 Å². The number of hydrogen-bond acceptors (Lipinski definition) is 5. The van der Waals surface area contributed by atoms with E-state index >= 15 is 0 Å². The molecule has 1 aromatic rings. The minimum atomic E-state index is -0.305. The second-order valence-corrected chi connectivity index (χ2v) is 7.93. The Hall–Kier alpha value is -1.75. The zero-order chi connectivity index (χ0) is 19.6. The van der Waals surface area contributed by atoms with Crippen LogP contribution >= 0.6 is 0 Å². The van der Waals surface area contributed by atoms with E-state index in [2.05, 4.69) is 25.7 Å². The number of esters is 1. The lowest BCUT2D eigenvalue weighted by atomic mass is 10.0. The average molecular weight is 377 g/mol. The van der Waals surface area contributed by atoms with Gasteiger partial charge in [-0.2, -0.15) is 0 Å². The SMILES string of the molecule is CCCCOc1cc(C(=O)OC[C@H](CC(C)C)N2CCCCC2)ccc1N. The Labute approximate surface area is 164 Å². The topological polar surface area (TPSA) is 64.8 Å². The molecule has 2 N–H and O–H groups in total. The van der Waals surface area contributed by atoms with Crippen LogP contribution in [0.4, 0.5) is 5.69 Å². The summed E-state index contributed by atoms with van der Waals surface area (Å²) in [6, 6.07) is 5.42. The lowest BCUT2D eigenvalue weighted by Crippen LogP contribution is -2.43. The minimum Gasteiger partial charge on any atom is -0.491 e. The Morgan fingerprint density at radius 3 is 2.63 bits per heavy atom. The Balaban J connectivity index is 1.96. The molecule has 5 nitrogen and oxygen atoms in total. The van der Waals surface area contributed by atoms with Gasteiger partial charge >= 0.3 is 5.97 Å². The van der Waals surface area contributed by atoms with Gasteiger partial charge in [0.25, 0.3) is 0 Å². The van der Waals surface area contributed by atoms with Gasteiger partial charge in [-0.25, -0.2) is 4.79 Å². The largest absolute Gasteiger partial charge is 0.491 e. The van der Waals surface area contributed by atoms with Crippen molar-refractivity contribution >= 4 is 11.7 Å². The molecule has 0 radical (unpaired) electrons. The van der Waals surface area contributed by atoms with Gasteiger partial charge in [0.1, 0.15) is 12.4 Å². The molecule has 0 amide bonds. The number of ether oxygens (including phenoxy) is 2. The van der Waals surface area contributed by atoms with Crippen LogP contribution in [0.15, 0.2) is 18.2 Å². The van der Waals surface area contributed by atoms with E-state index in [1.165, 1.54) is 19.3 Å². The molecule has 1 aliphatic heterocycles. The van der Waals surface area contributed by atoms with E-state index in [0.717, 1.165) is 32.4 Å². The second kappa shape index (κ2) is 11.2. The number of nitrogens with two attached hydrogens (primary N) is 1. The van der Waals surface area contributed by atoms with E-state index in [9.17, 15) is 4.79 Å². The van der Waals surface area contributed by atoms with Crippen LogP contribution in [0.5, 0.6) is 5.75 Å². The molecule has 1 atom stereocenters. The molecule has 27 heavy (non-hydrogen) atoms. The van der Waals surface area contributed by atoms with Crippen molar-refractivity contribution in [2.24, 2.45) is 5.92 Å². The van der Waals surface area contributed by atoms with Crippen molar-refractivity contribution in [2.45, 2.75) is 65.3 Å². The summed E-state index contributed by atoms with van der Waals surface area (Å²) in [5, 5.41) is 0. The summed E-state index contributed by atoms with van der Waals surface area (Å²) >= 11 is 0. The number of piperidine rings is 1. The fourth-order valence-corrected chi connectivity index (χ4v) is 3.52. The smallest absolute Gasteiger partial charge is 0.338 e. The summed E-state index contributed by atoms with van der Waals surface area (Å²) in [5.41, 5.74) is 7.01. The monoisotopic (exact) mass is 376 g/mol. The van der Waals surface area contributed by atoms with Crippen LogP contribution in [0.3, 0.4) is 0 Å². The lowest BCUT2D eigenvalue weighted by molar-refractivity contribution is 0.0283. The van der Waals surface area contributed by atoms with E-state index < -0.39 is 0 Å². The van der Waals surface area contributed by atoms with Gasteiger partial charge in [-0.05, 0) is 62.9 Å².